The number of amides is 1. The van der Waals surface area contributed by atoms with Crippen LogP contribution in [0.5, 0.6) is 5.75 Å². The van der Waals surface area contributed by atoms with Gasteiger partial charge in [-0.05, 0) is 19.1 Å². The minimum atomic E-state index is -2.81. The van der Waals surface area contributed by atoms with Gasteiger partial charge in [-0.25, -0.2) is 18.7 Å². The van der Waals surface area contributed by atoms with Gasteiger partial charge in [-0.2, -0.15) is 8.78 Å². The molecular formula is C22H25F4N5O2. The quantitative estimate of drug-likeness (QED) is 0.531. The molecular weight excluding hydrogens is 442 g/mol. The number of rotatable bonds is 5. The van der Waals surface area contributed by atoms with Gasteiger partial charge in [0.1, 0.15) is 11.9 Å². The van der Waals surface area contributed by atoms with E-state index in [4.69, 9.17) is 4.74 Å². The Kier molecular flexibility index (Phi) is 6.57. The van der Waals surface area contributed by atoms with E-state index in [1.807, 2.05) is 11.8 Å². The van der Waals surface area contributed by atoms with Crippen LogP contribution in [0.15, 0.2) is 18.2 Å². The summed E-state index contributed by atoms with van der Waals surface area (Å²) in [6.45, 7) is 1.81. The van der Waals surface area contributed by atoms with Crippen LogP contribution in [0.4, 0.5) is 29.2 Å². The lowest BCUT2D eigenvalue weighted by atomic mass is 10.0. The number of alkyl halides is 2. The molecule has 0 spiro atoms. The van der Waals surface area contributed by atoms with E-state index in [1.54, 1.807) is 4.90 Å². The zero-order valence-electron chi connectivity index (χ0n) is 18.3. The minimum absolute atomic E-state index is 0.00354. The van der Waals surface area contributed by atoms with Crippen LogP contribution < -0.4 is 15.0 Å². The van der Waals surface area contributed by atoms with E-state index in [0.717, 1.165) is 12.1 Å². The van der Waals surface area contributed by atoms with Gasteiger partial charge in [0, 0.05) is 51.9 Å². The van der Waals surface area contributed by atoms with Crippen molar-refractivity contribution in [3.8, 4) is 5.75 Å². The summed E-state index contributed by atoms with van der Waals surface area (Å²) < 4.78 is 59.1. The number of carbonyl (C=O) groups is 1. The first-order valence-corrected chi connectivity index (χ1v) is 10.8. The van der Waals surface area contributed by atoms with Crippen molar-refractivity contribution in [1.29, 1.82) is 0 Å². The van der Waals surface area contributed by atoms with E-state index in [0.29, 0.717) is 50.3 Å². The van der Waals surface area contributed by atoms with E-state index in [1.165, 1.54) is 13.0 Å². The standard InChI is InChI=1S/C22H25F4N5O2/c1-12-19-17(7-10-31(12)13(2)32)27-20(29-22(25)26)21(28-19)30-8-5-15(6-9-30)33-18-4-3-14(23)11-16(18)24/h3-4,11-12,15,22H,5-10H2,1-2H3,(H,27,29). The summed E-state index contributed by atoms with van der Waals surface area (Å²) in [4.78, 5) is 24.5. The minimum Gasteiger partial charge on any atom is -0.487 e. The van der Waals surface area contributed by atoms with E-state index in [9.17, 15) is 22.4 Å². The Bertz CT molecular complexity index is 1030. The van der Waals surface area contributed by atoms with Crippen molar-refractivity contribution in [3.05, 3.63) is 41.2 Å². The summed E-state index contributed by atoms with van der Waals surface area (Å²) in [5.41, 5.74) is 1.19. The predicted octanol–water partition coefficient (Wildman–Crippen LogP) is 3.90. The number of hydrogen-bond donors (Lipinski definition) is 1. The largest absolute Gasteiger partial charge is 0.487 e. The second kappa shape index (κ2) is 9.40. The maximum absolute atomic E-state index is 13.9. The number of aromatic nitrogens is 2. The second-order valence-electron chi connectivity index (χ2n) is 8.19. The van der Waals surface area contributed by atoms with Gasteiger partial charge < -0.3 is 19.9 Å². The molecule has 1 atom stereocenters. The van der Waals surface area contributed by atoms with Crippen LogP contribution in [0.3, 0.4) is 0 Å². The number of nitrogens with one attached hydrogen (secondary N) is 1. The highest BCUT2D eigenvalue weighted by atomic mass is 19.3. The smallest absolute Gasteiger partial charge is 0.314 e. The van der Waals surface area contributed by atoms with Gasteiger partial charge in [0.05, 0.1) is 17.4 Å². The van der Waals surface area contributed by atoms with Crippen molar-refractivity contribution in [3.63, 3.8) is 0 Å². The van der Waals surface area contributed by atoms with Crippen LogP contribution in [-0.2, 0) is 11.2 Å². The van der Waals surface area contributed by atoms with Gasteiger partial charge in [0.2, 0.25) is 5.91 Å². The number of fused-ring (bicyclic) bond motifs is 1. The molecule has 2 aliphatic heterocycles. The topological polar surface area (TPSA) is 70.6 Å². The first kappa shape index (κ1) is 23.1. The summed E-state index contributed by atoms with van der Waals surface area (Å²) in [5, 5.41) is 2.09. The van der Waals surface area contributed by atoms with Crippen LogP contribution in [0.1, 0.15) is 44.1 Å². The molecule has 1 unspecified atom stereocenters. The van der Waals surface area contributed by atoms with Crippen molar-refractivity contribution in [1.82, 2.24) is 14.9 Å². The normalized spacial score (nSPS) is 18.9. The Morgan fingerprint density at radius 2 is 1.91 bits per heavy atom. The lowest BCUT2D eigenvalue weighted by molar-refractivity contribution is -0.131. The zero-order valence-corrected chi connectivity index (χ0v) is 18.3. The number of nitrogens with zero attached hydrogens (tertiary/aromatic N) is 4. The molecule has 11 heteroatoms. The first-order valence-electron chi connectivity index (χ1n) is 10.8. The molecule has 1 aromatic carbocycles. The highest BCUT2D eigenvalue weighted by Crippen LogP contribution is 2.34. The molecule has 33 heavy (non-hydrogen) atoms. The highest BCUT2D eigenvalue weighted by molar-refractivity contribution is 5.74. The Morgan fingerprint density at radius 1 is 1.18 bits per heavy atom. The molecule has 1 amide bonds. The maximum Gasteiger partial charge on any atom is 0.314 e. The molecule has 0 bridgehead atoms. The molecule has 0 radical (unpaired) electrons. The SMILES string of the molecule is CC(=O)N1CCc2nc(NC(F)F)c(N3CCC(Oc4ccc(F)cc4F)CC3)nc2C1C. The van der Waals surface area contributed by atoms with Gasteiger partial charge in [0.15, 0.2) is 23.2 Å². The molecule has 1 saturated heterocycles. The number of halogens is 4. The number of anilines is 2. The monoisotopic (exact) mass is 467 g/mol. The van der Waals surface area contributed by atoms with Crippen molar-refractivity contribution >= 4 is 17.5 Å². The van der Waals surface area contributed by atoms with Crippen LogP contribution in [0.2, 0.25) is 0 Å². The number of ether oxygens (including phenoxy) is 1. The van der Waals surface area contributed by atoms with Gasteiger partial charge in [-0.3, -0.25) is 4.79 Å². The third-order valence-electron chi connectivity index (χ3n) is 6.01. The molecule has 2 aromatic rings. The van der Waals surface area contributed by atoms with Gasteiger partial charge in [-0.1, -0.05) is 0 Å². The predicted molar refractivity (Wildman–Crippen MR) is 113 cm³/mol. The van der Waals surface area contributed by atoms with E-state index >= 15 is 0 Å². The fourth-order valence-corrected chi connectivity index (χ4v) is 4.35. The average Bonchev–Trinajstić information content (AvgIpc) is 2.75. The fraction of sp³-hybridized carbons (Fsp3) is 0.500. The summed E-state index contributed by atoms with van der Waals surface area (Å²) in [6, 6.07) is 2.82. The molecule has 0 aliphatic carbocycles. The molecule has 7 nitrogen and oxygen atoms in total. The van der Waals surface area contributed by atoms with Crippen LogP contribution >= 0.6 is 0 Å². The van der Waals surface area contributed by atoms with Gasteiger partial charge in [0.25, 0.3) is 0 Å². The zero-order chi connectivity index (χ0) is 23.7. The van der Waals surface area contributed by atoms with Crippen molar-refractivity contribution < 1.29 is 27.1 Å². The molecule has 3 heterocycles. The first-order chi connectivity index (χ1) is 15.7. The third-order valence-corrected chi connectivity index (χ3v) is 6.01. The van der Waals surface area contributed by atoms with E-state index in [-0.39, 0.29) is 35.4 Å². The van der Waals surface area contributed by atoms with E-state index in [2.05, 4.69) is 15.3 Å². The average molecular weight is 467 g/mol. The van der Waals surface area contributed by atoms with Crippen molar-refractivity contribution in [2.75, 3.05) is 29.9 Å². The Balaban J connectivity index is 1.53. The van der Waals surface area contributed by atoms with Gasteiger partial charge in [-0.15, -0.1) is 0 Å². The van der Waals surface area contributed by atoms with Crippen LogP contribution in [-0.4, -0.2) is 53.1 Å². The van der Waals surface area contributed by atoms with Crippen molar-refractivity contribution in [2.45, 2.75) is 51.8 Å². The molecule has 2 aliphatic rings. The fourth-order valence-electron chi connectivity index (χ4n) is 4.35. The number of piperidine rings is 1. The molecule has 178 valence electrons. The molecule has 1 N–H and O–H groups in total. The number of hydrogen-bond acceptors (Lipinski definition) is 6. The molecule has 1 fully saturated rings. The summed E-state index contributed by atoms with van der Waals surface area (Å²) in [7, 11) is 0. The number of benzene rings is 1. The lowest BCUT2D eigenvalue weighted by Gasteiger charge is -2.37. The summed E-state index contributed by atoms with van der Waals surface area (Å²) >= 11 is 0. The van der Waals surface area contributed by atoms with Crippen LogP contribution in [0.25, 0.3) is 0 Å². The molecule has 4 rings (SSSR count). The summed E-state index contributed by atoms with van der Waals surface area (Å²) in [5.74, 6) is -1.28. The maximum atomic E-state index is 13.9. The molecule has 0 saturated carbocycles. The Hall–Kier alpha value is -3.11. The Labute approximate surface area is 188 Å². The number of carbonyl (C=O) groups excluding carboxylic acids is 1. The van der Waals surface area contributed by atoms with Gasteiger partial charge >= 0.3 is 6.55 Å². The molecule has 1 aromatic heterocycles. The Morgan fingerprint density at radius 3 is 2.55 bits per heavy atom. The summed E-state index contributed by atoms with van der Waals surface area (Å²) in [6.07, 6.45) is 1.09. The van der Waals surface area contributed by atoms with Crippen LogP contribution in [0, 0.1) is 11.6 Å². The highest BCUT2D eigenvalue weighted by Gasteiger charge is 2.32. The van der Waals surface area contributed by atoms with Crippen molar-refractivity contribution in [2.24, 2.45) is 0 Å². The third kappa shape index (κ3) is 4.96. The lowest BCUT2D eigenvalue weighted by Crippen LogP contribution is -2.41. The second-order valence-corrected chi connectivity index (χ2v) is 8.19. The van der Waals surface area contributed by atoms with E-state index < -0.39 is 18.2 Å².